The van der Waals surface area contributed by atoms with Crippen molar-refractivity contribution in [2.75, 3.05) is 14.2 Å². The Morgan fingerprint density at radius 1 is 1.15 bits per heavy atom. The third kappa shape index (κ3) is 0.867. The van der Waals surface area contributed by atoms with Crippen LogP contribution in [-0.4, -0.2) is 36.5 Å². The number of carbonyl (C=O) groups is 1. The van der Waals surface area contributed by atoms with Crippen LogP contribution in [-0.2, 0) is 14.3 Å². The molecule has 0 aromatic carbocycles. The maximum absolute atomic E-state index is 12.7. The van der Waals surface area contributed by atoms with Gasteiger partial charge in [0, 0.05) is 13.0 Å². The van der Waals surface area contributed by atoms with Gasteiger partial charge in [-0.2, -0.15) is 0 Å². The molecule has 0 heterocycles. The van der Waals surface area contributed by atoms with Gasteiger partial charge < -0.3 is 14.6 Å². The van der Waals surface area contributed by atoms with Crippen LogP contribution in [0, 0.1) is 28.1 Å². The number of aliphatic hydroxyl groups is 1. The Balaban J connectivity index is 1.98. The summed E-state index contributed by atoms with van der Waals surface area (Å²) in [5.41, 5.74) is -2.10. The van der Waals surface area contributed by atoms with Gasteiger partial charge >= 0.3 is 5.97 Å². The van der Waals surface area contributed by atoms with Crippen molar-refractivity contribution in [2.45, 2.75) is 51.2 Å². The van der Waals surface area contributed by atoms with E-state index >= 15 is 0 Å². The average molecular weight is 280 g/mol. The summed E-state index contributed by atoms with van der Waals surface area (Å²) in [6, 6.07) is 0. The average Bonchev–Trinajstić information content (AvgIpc) is 3.19. The summed E-state index contributed by atoms with van der Waals surface area (Å²) < 4.78 is 11.1. The molecule has 5 aliphatic carbocycles. The van der Waals surface area contributed by atoms with Gasteiger partial charge in [0.25, 0.3) is 0 Å². The molecule has 0 saturated heterocycles. The molecule has 112 valence electrons. The van der Waals surface area contributed by atoms with Gasteiger partial charge in [-0.25, -0.2) is 0 Å². The Labute approximate surface area is 119 Å². The first-order chi connectivity index (χ1) is 9.19. The van der Waals surface area contributed by atoms with Gasteiger partial charge in [0.2, 0.25) is 0 Å². The number of rotatable bonds is 2. The molecule has 0 aromatic rings. The molecule has 0 radical (unpaired) electrons. The van der Waals surface area contributed by atoms with Gasteiger partial charge in [0.15, 0.2) is 0 Å². The maximum Gasteiger partial charge on any atom is 0.315 e. The van der Waals surface area contributed by atoms with Gasteiger partial charge in [-0.1, -0.05) is 13.8 Å². The van der Waals surface area contributed by atoms with Gasteiger partial charge in [-0.05, 0) is 42.9 Å². The molecule has 5 saturated carbocycles. The summed E-state index contributed by atoms with van der Waals surface area (Å²) >= 11 is 0. The number of ether oxygens (including phenoxy) is 2. The predicted octanol–water partition coefficient (Wildman–Crippen LogP) is 1.75. The van der Waals surface area contributed by atoms with E-state index in [-0.39, 0.29) is 28.6 Å². The van der Waals surface area contributed by atoms with Crippen molar-refractivity contribution in [3.8, 4) is 0 Å². The van der Waals surface area contributed by atoms with Gasteiger partial charge in [0.1, 0.15) is 5.41 Å². The summed E-state index contributed by atoms with van der Waals surface area (Å²) in [4.78, 5) is 12.7. The first kappa shape index (κ1) is 13.1. The highest BCUT2D eigenvalue weighted by atomic mass is 16.5. The van der Waals surface area contributed by atoms with Crippen LogP contribution in [0.1, 0.15) is 40.0 Å². The standard InChI is InChI=1S/C16H24O4/c1-12(2)8-15(20-5)10-13(3,18)9(12)14(6-7-14)16(10,15)11(17)19-4/h9-10,18H,6-8H2,1-5H3/t9-,10-,13+,15-,16-/m0/s1. The van der Waals surface area contributed by atoms with Gasteiger partial charge in [-0.15, -0.1) is 0 Å². The van der Waals surface area contributed by atoms with Crippen LogP contribution in [0.4, 0.5) is 0 Å². The predicted molar refractivity (Wildman–Crippen MR) is 71.9 cm³/mol. The van der Waals surface area contributed by atoms with Crippen LogP contribution in [0.3, 0.4) is 0 Å². The number of hydrogen-bond donors (Lipinski definition) is 1. The molecular formula is C16H24O4. The minimum absolute atomic E-state index is 0.0134. The van der Waals surface area contributed by atoms with E-state index in [9.17, 15) is 9.90 Å². The van der Waals surface area contributed by atoms with Gasteiger partial charge in [-0.3, -0.25) is 4.79 Å². The Kier molecular flexibility index (Phi) is 1.93. The SMILES string of the molecule is COC(=O)[C@]12[C@H]3[C@](C)(O)[C@H](C(C)(C)C[C@]31OC)C21CC1. The van der Waals surface area contributed by atoms with Crippen molar-refractivity contribution in [3.63, 3.8) is 0 Å². The van der Waals surface area contributed by atoms with E-state index in [1.54, 1.807) is 7.11 Å². The van der Waals surface area contributed by atoms with Crippen LogP contribution >= 0.6 is 0 Å². The van der Waals surface area contributed by atoms with E-state index in [0.717, 1.165) is 19.3 Å². The van der Waals surface area contributed by atoms with Crippen LogP contribution in [0.2, 0.25) is 0 Å². The van der Waals surface area contributed by atoms with E-state index in [2.05, 4.69) is 13.8 Å². The highest BCUT2D eigenvalue weighted by molar-refractivity contribution is 5.89. The second-order valence-electron chi connectivity index (χ2n) is 8.31. The van der Waals surface area contributed by atoms with Crippen LogP contribution in [0.15, 0.2) is 0 Å². The smallest absolute Gasteiger partial charge is 0.315 e. The zero-order valence-electron chi connectivity index (χ0n) is 12.9. The molecule has 0 amide bonds. The van der Waals surface area contributed by atoms with Crippen molar-refractivity contribution in [1.82, 2.24) is 0 Å². The molecule has 1 N–H and O–H groups in total. The summed E-state index contributed by atoms with van der Waals surface area (Å²) in [5.74, 6) is -0.121. The summed E-state index contributed by atoms with van der Waals surface area (Å²) in [6.45, 7) is 6.33. The number of esters is 1. The van der Waals surface area contributed by atoms with Crippen LogP contribution < -0.4 is 0 Å². The lowest BCUT2D eigenvalue weighted by Crippen LogP contribution is -2.59. The molecule has 0 aliphatic heterocycles. The number of carbonyl (C=O) groups excluding carboxylic acids is 1. The fourth-order valence-electron chi connectivity index (χ4n) is 7.46. The lowest BCUT2D eigenvalue weighted by atomic mass is 9.52. The zero-order valence-corrected chi connectivity index (χ0v) is 12.9. The third-order valence-corrected chi connectivity index (χ3v) is 7.15. The van der Waals surface area contributed by atoms with E-state index in [0.29, 0.717) is 0 Å². The van der Waals surface area contributed by atoms with Crippen molar-refractivity contribution in [3.05, 3.63) is 0 Å². The topological polar surface area (TPSA) is 55.8 Å². The molecule has 5 fully saturated rings. The summed E-state index contributed by atoms with van der Waals surface area (Å²) in [6.07, 6.45) is 2.85. The largest absolute Gasteiger partial charge is 0.468 e. The Morgan fingerprint density at radius 2 is 1.75 bits per heavy atom. The zero-order chi connectivity index (χ0) is 14.8. The maximum atomic E-state index is 12.7. The molecule has 20 heavy (non-hydrogen) atoms. The second kappa shape index (κ2) is 2.95. The van der Waals surface area contributed by atoms with E-state index in [1.165, 1.54) is 7.11 Å². The number of methoxy groups -OCH3 is 2. The first-order valence-corrected chi connectivity index (χ1v) is 7.55. The molecule has 4 nitrogen and oxygen atoms in total. The first-order valence-electron chi connectivity index (χ1n) is 7.55. The van der Waals surface area contributed by atoms with Gasteiger partial charge in [0.05, 0.1) is 18.3 Å². The molecule has 1 spiro atoms. The quantitative estimate of drug-likeness (QED) is 0.783. The molecule has 5 rings (SSSR count). The van der Waals surface area contributed by atoms with Crippen molar-refractivity contribution in [2.24, 2.45) is 28.1 Å². The minimum atomic E-state index is -0.845. The minimum Gasteiger partial charge on any atom is -0.468 e. The lowest BCUT2D eigenvalue weighted by molar-refractivity contribution is -0.193. The monoisotopic (exact) mass is 280 g/mol. The number of fused-ring (bicyclic) bond motifs is 1. The Hall–Kier alpha value is -0.610. The third-order valence-electron chi connectivity index (χ3n) is 7.15. The molecular weight excluding hydrogens is 256 g/mol. The van der Waals surface area contributed by atoms with E-state index in [4.69, 9.17) is 9.47 Å². The highest BCUT2D eigenvalue weighted by Gasteiger charge is 3.03. The number of hydrogen-bond acceptors (Lipinski definition) is 4. The fraction of sp³-hybridized carbons (Fsp3) is 0.938. The Bertz CT molecular complexity index is 519. The molecule has 0 unspecified atom stereocenters. The van der Waals surface area contributed by atoms with E-state index in [1.807, 2.05) is 6.92 Å². The Morgan fingerprint density at radius 3 is 2.20 bits per heavy atom. The normalized spacial score (nSPS) is 55.7. The summed E-state index contributed by atoms with van der Waals surface area (Å²) in [7, 11) is 3.14. The van der Waals surface area contributed by atoms with Crippen molar-refractivity contribution < 1.29 is 19.4 Å². The fourth-order valence-corrected chi connectivity index (χ4v) is 7.46. The molecule has 4 heteroatoms. The lowest BCUT2D eigenvalue weighted by Gasteiger charge is -2.55. The molecule has 0 aromatic heterocycles. The highest BCUT2D eigenvalue weighted by Crippen LogP contribution is 2.96. The van der Waals surface area contributed by atoms with Crippen molar-refractivity contribution in [1.29, 1.82) is 0 Å². The van der Waals surface area contributed by atoms with E-state index < -0.39 is 16.6 Å². The van der Waals surface area contributed by atoms with Crippen LogP contribution in [0.25, 0.3) is 0 Å². The molecule has 5 atom stereocenters. The summed E-state index contributed by atoms with van der Waals surface area (Å²) in [5, 5.41) is 11.2. The second-order valence-corrected chi connectivity index (χ2v) is 8.31. The van der Waals surface area contributed by atoms with Crippen LogP contribution in [0.5, 0.6) is 0 Å². The molecule has 4 bridgehead atoms. The molecule has 5 aliphatic rings. The van der Waals surface area contributed by atoms with Crippen molar-refractivity contribution >= 4 is 5.97 Å².